The number of hydrogen-bond acceptors (Lipinski definition) is 7. The van der Waals surface area contributed by atoms with Gasteiger partial charge in [-0.3, -0.25) is 0 Å². The maximum atomic E-state index is 5.61. The summed E-state index contributed by atoms with van der Waals surface area (Å²) in [6.45, 7) is 3.82. The molecular formula is C11H14N6O2. The highest BCUT2D eigenvalue weighted by Crippen LogP contribution is 2.14. The third-order valence-corrected chi connectivity index (χ3v) is 2.53. The smallest absolute Gasteiger partial charge is 0.323 e. The molecule has 0 unspecified atom stereocenters. The second kappa shape index (κ2) is 5.19. The zero-order valence-corrected chi connectivity index (χ0v) is 10.5. The van der Waals surface area contributed by atoms with Gasteiger partial charge in [-0.05, 0) is 13.0 Å². The lowest BCUT2D eigenvalue weighted by atomic mass is 10.3. The molecular weight excluding hydrogens is 248 g/mol. The molecule has 19 heavy (non-hydrogen) atoms. The molecule has 0 atom stereocenters. The van der Waals surface area contributed by atoms with E-state index in [1.165, 1.54) is 0 Å². The second-order valence-electron chi connectivity index (χ2n) is 4.00. The summed E-state index contributed by atoms with van der Waals surface area (Å²) in [5.74, 6) is 0.893. The maximum Gasteiger partial charge on any atom is 0.323 e. The van der Waals surface area contributed by atoms with E-state index in [-0.39, 0.29) is 12.1 Å². The van der Waals surface area contributed by atoms with Gasteiger partial charge in [0, 0.05) is 18.9 Å². The predicted octanol–water partition coefficient (Wildman–Crippen LogP) is 0.267. The van der Waals surface area contributed by atoms with Gasteiger partial charge in [-0.1, -0.05) is 0 Å². The third kappa shape index (κ3) is 2.63. The molecule has 1 fully saturated rings. The molecule has 0 aliphatic carbocycles. The average Bonchev–Trinajstić information content (AvgIpc) is 2.88. The van der Waals surface area contributed by atoms with Crippen LogP contribution < -0.4 is 10.1 Å². The normalized spacial score (nSPS) is 15.0. The average molecular weight is 262 g/mol. The van der Waals surface area contributed by atoms with Gasteiger partial charge in [0.25, 0.3) is 5.95 Å². The van der Waals surface area contributed by atoms with Crippen LogP contribution in [0.4, 0.5) is 5.95 Å². The van der Waals surface area contributed by atoms with Crippen LogP contribution >= 0.6 is 0 Å². The van der Waals surface area contributed by atoms with E-state index in [0.29, 0.717) is 31.7 Å². The van der Waals surface area contributed by atoms with E-state index >= 15 is 0 Å². The van der Waals surface area contributed by atoms with Crippen LogP contribution in [-0.4, -0.2) is 50.6 Å². The fourth-order valence-corrected chi connectivity index (χ4v) is 1.56. The molecule has 1 aliphatic rings. The first-order valence-electron chi connectivity index (χ1n) is 6.09. The summed E-state index contributed by atoms with van der Waals surface area (Å²) in [4.78, 5) is 12.7. The van der Waals surface area contributed by atoms with Gasteiger partial charge in [-0.25, -0.2) is 4.68 Å². The number of rotatable bonds is 5. The molecule has 8 nitrogen and oxygen atoms in total. The van der Waals surface area contributed by atoms with E-state index in [2.05, 4.69) is 25.4 Å². The van der Waals surface area contributed by atoms with Crippen LogP contribution in [-0.2, 0) is 4.74 Å². The molecule has 0 amide bonds. The number of nitrogens with one attached hydrogen (secondary N) is 1. The first-order valence-corrected chi connectivity index (χ1v) is 6.09. The van der Waals surface area contributed by atoms with Gasteiger partial charge in [0.15, 0.2) is 0 Å². The summed E-state index contributed by atoms with van der Waals surface area (Å²) in [7, 11) is 0. The molecule has 0 saturated carbocycles. The summed E-state index contributed by atoms with van der Waals surface area (Å²) in [5.41, 5.74) is 0. The zero-order chi connectivity index (χ0) is 13.1. The van der Waals surface area contributed by atoms with Crippen LogP contribution in [0.3, 0.4) is 0 Å². The van der Waals surface area contributed by atoms with Crippen LogP contribution in [0.15, 0.2) is 18.5 Å². The number of ether oxygens (including phenoxy) is 2. The summed E-state index contributed by atoms with van der Waals surface area (Å²) in [5, 5.41) is 7.14. The van der Waals surface area contributed by atoms with Gasteiger partial charge in [-0.15, -0.1) is 0 Å². The van der Waals surface area contributed by atoms with Crippen LogP contribution in [0, 0.1) is 0 Å². The van der Waals surface area contributed by atoms with Crippen molar-refractivity contribution in [2.75, 3.05) is 25.1 Å². The Hall–Kier alpha value is -2.22. The molecule has 2 aromatic rings. The van der Waals surface area contributed by atoms with Crippen molar-refractivity contribution >= 4 is 5.95 Å². The number of aromatic nitrogens is 5. The molecule has 100 valence electrons. The molecule has 0 radical (unpaired) electrons. The van der Waals surface area contributed by atoms with Crippen molar-refractivity contribution in [3.63, 3.8) is 0 Å². The molecule has 0 aromatic carbocycles. The molecule has 1 saturated heterocycles. The Morgan fingerprint density at radius 2 is 2.32 bits per heavy atom. The lowest BCUT2D eigenvalue weighted by Crippen LogP contribution is -2.39. The van der Waals surface area contributed by atoms with E-state index in [4.69, 9.17) is 9.47 Å². The second-order valence-corrected chi connectivity index (χ2v) is 4.00. The number of anilines is 1. The highest BCUT2D eigenvalue weighted by molar-refractivity contribution is 5.29. The first kappa shape index (κ1) is 11.8. The van der Waals surface area contributed by atoms with Gasteiger partial charge in [0.2, 0.25) is 5.95 Å². The van der Waals surface area contributed by atoms with Crippen LogP contribution in [0.25, 0.3) is 5.95 Å². The van der Waals surface area contributed by atoms with Gasteiger partial charge < -0.3 is 14.8 Å². The van der Waals surface area contributed by atoms with Crippen molar-refractivity contribution in [3.8, 4) is 12.0 Å². The Morgan fingerprint density at radius 1 is 1.42 bits per heavy atom. The van der Waals surface area contributed by atoms with Gasteiger partial charge in [0.1, 0.15) is 6.10 Å². The molecule has 1 aliphatic heterocycles. The van der Waals surface area contributed by atoms with E-state index in [1.54, 1.807) is 23.1 Å². The number of hydrogen-bond donors (Lipinski definition) is 1. The van der Waals surface area contributed by atoms with Crippen LogP contribution in [0.2, 0.25) is 0 Å². The quantitative estimate of drug-likeness (QED) is 0.827. The van der Waals surface area contributed by atoms with E-state index in [9.17, 15) is 0 Å². The van der Waals surface area contributed by atoms with Crippen molar-refractivity contribution in [1.82, 2.24) is 24.7 Å². The monoisotopic (exact) mass is 262 g/mol. The third-order valence-electron chi connectivity index (χ3n) is 2.53. The molecule has 8 heteroatoms. The van der Waals surface area contributed by atoms with Crippen LogP contribution in [0.5, 0.6) is 6.01 Å². The van der Waals surface area contributed by atoms with Crippen molar-refractivity contribution in [2.24, 2.45) is 0 Å². The van der Waals surface area contributed by atoms with Crippen molar-refractivity contribution in [2.45, 2.75) is 13.0 Å². The summed E-state index contributed by atoms with van der Waals surface area (Å²) in [6.07, 6.45) is 3.44. The minimum Gasteiger partial charge on any atom is -0.455 e. The van der Waals surface area contributed by atoms with Gasteiger partial charge in [0.05, 0.1) is 13.2 Å². The maximum absolute atomic E-state index is 5.61. The summed E-state index contributed by atoms with van der Waals surface area (Å²) in [6, 6.07) is 2.08. The molecule has 0 spiro atoms. The fraction of sp³-hybridized carbons (Fsp3) is 0.455. The van der Waals surface area contributed by atoms with Crippen LogP contribution in [0.1, 0.15) is 6.92 Å². The minimum absolute atomic E-state index is 0.0161. The minimum atomic E-state index is 0.0161. The van der Waals surface area contributed by atoms with E-state index in [1.807, 2.05) is 6.92 Å². The lowest BCUT2D eigenvalue weighted by Gasteiger charge is -2.25. The van der Waals surface area contributed by atoms with E-state index < -0.39 is 0 Å². The lowest BCUT2D eigenvalue weighted by molar-refractivity contribution is -0.0831. The standard InChI is InChI=1S/C11H14N6O2/c1-2-12-9-14-10(17-5-3-4-13-17)16-11(15-9)19-8-6-18-7-8/h3-5,8H,2,6-7H2,1H3,(H,12,14,15,16). The Balaban J connectivity index is 1.89. The summed E-state index contributed by atoms with van der Waals surface area (Å²) < 4.78 is 12.2. The topological polar surface area (TPSA) is 87.0 Å². The summed E-state index contributed by atoms with van der Waals surface area (Å²) >= 11 is 0. The predicted molar refractivity (Wildman–Crippen MR) is 66.3 cm³/mol. The Morgan fingerprint density at radius 3 is 2.95 bits per heavy atom. The fourth-order valence-electron chi connectivity index (χ4n) is 1.56. The highest BCUT2D eigenvalue weighted by atomic mass is 16.6. The largest absolute Gasteiger partial charge is 0.455 e. The molecule has 1 N–H and O–H groups in total. The molecule has 0 bridgehead atoms. The van der Waals surface area contributed by atoms with E-state index in [0.717, 1.165) is 0 Å². The first-order chi connectivity index (χ1) is 9.35. The Kier molecular flexibility index (Phi) is 3.23. The van der Waals surface area contributed by atoms with Crippen molar-refractivity contribution in [1.29, 1.82) is 0 Å². The zero-order valence-electron chi connectivity index (χ0n) is 10.5. The highest BCUT2D eigenvalue weighted by Gasteiger charge is 2.22. The molecule has 3 heterocycles. The van der Waals surface area contributed by atoms with Crippen molar-refractivity contribution < 1.29 is 9.47 Å². The van der Waals surface area contributed by atoms with Crippen molar-refractivity contribution in [3.05, 3.63) is 18.5 Å². The molecule has 2 aromatic heterocycles. The molecule has 3 rings (SSSR count). The SMILES string of the molecule is CCNc1nc(OC2COC2)nc(-n2cccn2)n1. The Labute approximate surface area is 109 Å². The number of nitrogens with zero attached hydrogens (tertiary/aromatic N) is 5. The van der Waals surface area contributed by atoms with Gasteiger partial charge in [-0.2, -0.15) is 20.1 Å². The Bertz CT molecular complexity index is 540. The van der Waals surface area contributed by atoms with Gasteiger partial charge >= 0.3 is 6.01 Å².